The summed E-state index contributed by atoms with van der Waals surface area (Å²) in [7, 11) is 0. The van der Waals surface area contributed by atoms with Crippen LogP contribution in [0.15, 0.2) is 48.5 Å². The second kappa shape index (κ2) is 9.52. The first-order valence-corrected chi connectivity index (χ1v) is 12.4. The van der Waals surface area contributed by atoms with Gasteiger partial charge in [-0.1, -0.05) is 67.7 Å². The molecule has 1 aliphatic heterocycles. The van der Waals surface area contributed by atoms with Crippen LogP contribution in [0.4, 0.5) is 5.69 Å². The lowest BCUT2D eigenvalue weighted by Crippen LogP contribution is -2.49. The van der Waals surface area contributed by atoms with E-state index in [9.17, 15) is 24.5 Å². The van der Waals surface area contributed by atoms with Crippen LogP contribution in [-0.2, 0) is 16.1 Å². The van der Waals surface area contributed by atoms with Gasteiger partial charge in [0.25, 0.3) is 23.4 Å². The fraction of sp³-hybridized carbons (Fsp3) is 0.318. The lowest BCUT2D eigenvalue weighted by Gasteiger charge is -2.31. The van der Waals surface area contributed by atoms with E-state index in [0.717, 1.165) is 16.1 Å². The Morgan fingerprint density at radius 3 is 2.24 bits per heavy atom. The van der Waals surface area contributed by atoms with Crippen LogP contribution >= 0.6 is 43.5 Å². The average Bonchev–Trinajstić information content (AvgIpc) is 3.02. The van der Waals surface area contributed by atoms with E-state index < -0.39 is 34.5 Å². The Morgan fingerprint density at radius 1 is 1.06 bits per heavy atom. The number of halogens is 3. The number of alkyl halides is 2. The van der Waals surface area contributed by atoms with E-state index in [2.05, 4.69) is 31.9 Å². The molecule has 172 valence electrons. The van der Waals surface area contributed by atoms with Crippen LogP contribution in [0.25, 0.3) is 0 Å². The lowest BCUT2D eigenvalue weighted by molar-refractivity contribution is -0.384. The Kier molecular flexibility index (Phi) is 6.88. The Hall–Kier alpha value is -2.30. The highest BCUT2D eigenvalue weighted by Gasteiger charge is 2.54. The number of carbonyl (C=O) groups is 3. The first-order chi connectivity index (χ1) is 15.7. The minimum absolute atomic E-state index is 0.0107. The van der Waals surface area contributed by atoms with E-state index in [1.807, 2.05) is 0 Å². The molecule has 2 aliphatic rings. The van der Waals surface area contributed by atoms with Crippen molar-refractivity contribution in [2.24, 2.45) is 11.8 Å². The van der Waals surface area contributed by atoms with E-state index in [1.54, 1.807) is 24.3 Å². The number of hydrazine groups is 1. The maximum Gasteiger partial charge on any atom is 0.273 e. The first kappa shape index (κ1) is 23.8. The molecule has 1 saturated carbocycles. The van der Waals surface area contributed by atoms with E-state index in [4.69, 9.17) is 11.6 Å². The van der Waals surface area contributed by atoms with Gasteiger partial charge in [0.05, 0.1) is 23.3 Å². The molecule has 0 bridgehead atoms. The Morgan fingerprint density at radius 2 is 1.67 bits per heavy atom. The van der Waals surface area contributed by atoms with Crippen LogP contribution in [0.1, 0.15) is 28.8 Å². The number of carbonyl (C=O) groups excluding carboxylic acids is 3. The summed E-state index contributed by atoms with van der Waals surface area (Å²) in [6.07, 6.45) is 0.902. The molecule has 1 aliphatic carbocycles. The smallest absolute Gasteiger partial charge is 0.272 e. The number of hydrogen-bond donors (Lipinski definition) is 0. The highest BCUT2D eigenvalue weighted by molar-refractivity contribution is 9.12. The summed E-state index contributed by atoms with van der Waals surface area (Å²) in [5.74, 6) is -2.73. The van der Waals surface area contributed by atoms with Crippen LogP contribution in [0.2, 0.25) is 5.02 Å². The SMILES string of the molecule is O=C(c1cccc([N+](=O)[O-])c1)N(Cc1ccccc1Cl)N1C(=O)[C@H]2C[C@H](Br)[C@@H](Br)C[C@H]2C1=O. The molecule has 0 aromatic heterocycles. The molecule has 0 unspecified atom stereocenters. The summed E-state index contributed by atoms with van der Waals surface area (Å²) in [5, 5.41) is 13.5. The highest BCUT2D eigenvalue weighted by Crippen LogP contribution is 2.44. The number of amides is 3. The minimum Gasteiger partial charge on any atom is -0.272 e. The molecule has 2 fully saturated rings. The summed E-state index contributed by atoms with van der Waals surface area (Å²) < 4.78 is 0. The maximum atomic E-state index is 13.5. The van der Waals surface area contributed by atoms with Gasteiger partial charge in [0, 0.05) is 32.4 Å². The number of benzene rings is 2. The third-order valence-electron chi connectivity index (χ3n) is 5.95. The van der Waals surface area contributed by atoms with Gasteiger partial charge in [-0.2, -0.15) is 5.01 Å². The number of nitrogens with zero attached hydrogens (tertiary/aromatic N) is 3. The monoisotopic (exact) mass is 597 g/mol. The number of hydrogen-bond acceptors (Lipinski definition) is 5. The number of nitro benzene ring substituents is 1. The second-order valence-corrected chi connectivity index (χ2v) is 10.7. The topological polar surface area (TPSA) is 101 Å². The summed E-state index contributed by atoms with van der Waals surface area (Å²) in [5.41, 5.74) is 0.254. The standard InChI is InChI=1S/C22H18Br2ClN3O5/c23-17-9-15-16(10-18(17)24)22(31)27(21(15)30)26(11-13-4-1-2-7-19(13)25)20(29)12-5-3-6-14(8-12)28(32)33/h1-8,15-18H,9-11H2/t15-,16+,17-,18-/m0/s1. The van der Waals surface area contributed by atoms with Crippen LogP contribution in [0.5, 0.6) is 0 Å². The summed E-state index contributed by atoms with van der Waals surface area (Å²) >= 11 is 13.4. The molecule has 0 radical (unpaired) electrons. The van der Waals surface area contributed by atoms with Gasteiger partial charge in [-0.05, 0) is 30.5 Å². The molecule has 33 heavy (non-hydrogen) atoms. The molecule has 2 aromatic carbocycles. The van der Waals surface area contributed by atoms with Crippen molar-refractivity contribution in [2.45, 2.75) is 29.0 Å². The summed E-state index contributed by atoms with van der Waals surface area (Å²) in [6, 6.07) is 12.0. The molecule has 4 rings (SSSR count). The van der Waals surface area contributed by atoms with Crippen molar-refractivity contribution in [3.8, 4) is 0 Å². The van der Waals surface area contributed by atoms with E-state index in [-0.39, 0.29) is 27.4 Å². The zero-order chi connectivity index (χ0) is 23.9. The molecule has 11 heteroatoms. The lowest BCUT2D eigenvalue weighted by atomic mass is 9.81. The van der Waals surface area contributed by atoms with Gasteiger partial charge in [-0.3, -0.25) is 24.5 Å². The molecule has 4 atom stereocenters. The number of rotatable bonds is 5. The van der Waals surface area contributed by atoms with Crippen molar-refractivity contribution in [2.75, 3.05) is 0 Å². The number of imide groups is 1. The zero-order valence-electron chi connectivity index (χ0n) is 17.1. The normalized spacial score (nSPS) is 24.5. The van der Waals surface area contributed by atoms with E-state index in [1.165, 1.54) is 18.2 Å². The van der Waals surface area contributed by atoms with Crippen molar-refractivity contribution in [1.29, 1.82) is 0 Å². The third kappa shape index (κ3) is 4.56. The molecule has 8 nitrogen and oxygen atoms in total. The summed E-state index contributed by atoms with van der Waals surface area (Å²) in [4.78, 5) is 50.9. The quantitative estimate of drug-likeness (QED) is 0.214. The Labute approximate surface area is 211 Å². The third-order valence-corrected chi connectivity index (χ3v) is 9.05. The van der Waals surface area contributed by atoms with Gasteiger partial charge in [-0.15, -0.1) is 0 Å². The van der Waals surface area contributed by atoms with Gasteiger partial charge in [0.2, 0.25) is 0 Å². The molecule has 0 N–H and O–H groups in total. The van der Waals surface area contributed by atoms with Crippen molar-refractivity contribution < 1.29 is 19.3 Å². The number of nitro groups is 1. The maximum absolute atomic E-state index is 13.5. The molecular weight excluding hydrogens is 582 g/mol. The van der Waals surface area contributed by atoms with Gasteiger partial charge >= 0.3 is 0 Å². The Balaban J connectivity index is 1.75. The van der Waals surface area contributed by atoms with Gasteiger partial charge in [0.1, 0.15) is 0 Å². The van der Waals surface area contributed by atoms with Crippen LogP contribution in [0, 0.1) is 22.0 Å². The van der Waals surface area contributed by atoms with Gasteiger partial charge in [0.15, 0.2) is 0 Å². The molecule has 3 amide bonds. The van der Waals surface area contributed by atoms with Crippen molar-refractivity contribution in [1.82, 2.24) is 10.0 Å². The zero-order valence-corrected chi connectivity index (χ0v) is 21.0. The molecule has 2 aromatic rings. The minimum atomic E-state index is -0.704. The predicted octanol–water partition coefficient (Wildman–Crippen LogP) is 4.73. The summed E-state index contributed by atoms with van der Waals surface area (Å²) in [6.45, 7) is -0.145. The fourth-order valence-electron chi connectivity index (χ4n) is 4.24. The molecular formula is C22H18Br2ClN3O5. The van der Waals surface area contributed by atoms with Crippen molar-refractivity contribution in [3.05, 3.63) is 74.8 Å². The fourth-order valence-corrected chi connectivity index (χ4v) is 5.67. The number of fused-ring (bicyclic) bond motifs is 1. The molecule has 1 saturated heterocycles. The average molecular weight is 600 g/mol. The predicted molar refractivity (Wildman–Crippen MR) is 128 cm³/mol. The van der Waals surface area contributed by atoms with Crippen molar-refractivity contribution >= 4 is 66.9 Å². The molecule has 0 spiro atoms. The molecule has 1 heterocycles. The first-order valence-electron chi connectivity index (χ1n) is 10.1. The van der Waals surface area contributed by atoms with E-state index >= 15 is 0 Å². The van der Waals surface area contributed by atoms with Crippen molar-refractivity contribution in [3.63, 3.8) is 0 Å². The van der Waals surface area contributed by atoms with Gasteiger partial charge in [-0.25, -0.2) is 5.01 Å². The largest absolute Gasteiger partial charge is 0.273 e. The van der Waals surface area contributed by atoms with Gasteiger partial charge < -0.3 is 0 Å². The Bertz CT molecular complexity index is 1120. The number of non-ortho nitro benzene ring substituents is 1. The van der Waals surface area contributed by atoms with Crippen LogP contribution in [0.3, 0.4) is 0 Å². The highest BCUT2D eigenvalue weighted by atomic mass is 79.9. The van der Waals surface area contributed by atoms with Crippen LogP contribution < -0.4 is 0 Å². The van der Waals surface area contributed by atoms with Crippen LogP contribution in [-0.4, -0.2) is 42.3 Å². The second-order valence-electron chi connectivity index (χ2n) is 7.97. The van der Waals surface area contributed by atoms with E-state index in [0.29, 0.717) is 23.4 Å².